The molecule has 2 aromatic heterocycles. The Hall–Kier alpha value is -2.47. The zero-order chi connectivity index (χ0) is 18.6. The highest BCUT2D eigenvalue weighted by atomic mass is 16.2. The first kappa shape index (κ1) is 17.9. The maximum atomic E-state index is 12.7. The average Bonchev–Trinajstić information content (AvgIpc) is 3.19. The summed E-state index contributed by atoms with van der Waals surface area (Å²) in [6.45, 7) is 4.96. The number of anilines is 1. The topological polar surface area (TPSA) is 75.4 Å². The number of nitrogens with zero attached hydrogens (tertiary/aromatic N) is 4. The molecule has 142 valence electrons. The molecule has 27 heavy (non-hydrogen) atoms. The minimum Gasteiger partial charge on any atom is -0.384 e. The molecule has 6 heteroatoms. The number of amides is 1. The number of nitrogens with two attached hydrogens (primary N) is 1. The predicted molar refractivity (Wildman–Crippen MR) is 105 cm³/mol. The van der Waals surface area contributed by atoms with Crippen molar-refractivity contribution in [1.82, 2.24) is 19.8 Å². The normalized spacial score (nSPS) is 21.5. The van der Waals surface area contributed by atoms with Gasteiger partial charge in [-0.2, -0.15) is 0 Å². The van der Waals surface area contributed by atoms with Gasteiger partial charge in [-0.15, -0.1) is 0 Å². The van der Waals surface area contributed by atoms with Gasteiger partial charge in [-0.3, -0.25) is 14.7 Å². The molecule has 0 bridgehead atoms. The number of pyridine rings is 2. The van der Waals surface area contributed by atoms with Gasteiger partial charge < -0.3 is 10.6 Å². The molecule has 0 saturated carbocycles. The molecule has 6 nitrogen and oxygen atoms in total. The third kappa shape index (κ3) is 4.27. The molecule has 1 atom stereocenters. The Morgan fingerprint density at radius 2 is 1.93 bits per heavy atom. The van der Waals surface area contributed by atoms with E-state index < -0.39 is 0 Å². The molecule has 1 unspecified atom stereocenters. The van der Waals surface area contributed by atoms with E-state index in [0.717, 1.165) is 45.1 Å². The van der Waals surface area contributed by atoms with Gasteiger partial charge in [-0.05, 0) is 68.0 Å². The average molecular weight is 365 g/mol. The smallest absolute Gasteiger partial charge is 0.254 e. The van der Waals surface area contributed by atoms with Crippen molar-refractivity contribution < 1.29 is 4.79 Å². The first-order valence-corrected chi connectivity index (χ1v) is 9.81. The van der Waals surface area contributed by atoms with Gasteiger partial charge in [0.05, 0.1) is 0 Å². The third-order valence-electron chi connectivity index (χ3n) is 5.97. The van der Waals surface area contributed by atoms with Crippen molar-refractivity contribution in [2.24, 2.45) is 11.8 Å². The first-order valence-electron chi connectivity index (χ1n) is 9.81. The zero-order valence-corrected chi connectivity index (χ0v) is 15.6. The van der Waals surface area contributed by atoms with Crippen LogP contribution in [0.2, 0.25) is 0 Å². The lowest BCUT2D eigenvalue weighted by Crippen LogP contribution is -2.37. The van der Waals surface area contributed by atoms with E-state index in [1.54, 1.807) is 18.3 Å². The van der Waals surface area contributed by atoms with E-state index in [-0.39, 0.29) is 5.91 Å². The van der Waals surface area contributed by atoms with Crippen molar-refractivity contribution in [1.29, 1.82) is 0 Å². The highest BCUT2D eigenvalue weighted by Gasteiger charge is 2.34. The van der Waals surface area contributed by atoms with E-state index in [4.69, 9.17) is 5.73 Å². The molecule has 4 heterocycles. The van der Waals surface area contributed by atoms with Gasteiger partial charge in [0.1, 0.15) is 5.82 Å². The lowest BCUT2D eigenvalue weighted by atomic mass is 9.83. The fourth-order valence-electron chi connectivity index (χ4n) is 4.45. The summed E-state index contributed by atoms with van der Waals surface area (Å²) in [5.41, 5.74) is 7.65. The fraction of sp³-hybridized carbons (Fsp3) is 0.476. The molecule has 2 aliphatic rings. The Labute approximate surface area is 160 Å². The van der Waals surface area contributed by atoms with E-state index in [9.17, 15) is 4.79 Å². The molecule has 1 amide bonds. The number of carbonyl (C=O) groups excluding carboxylic acids is 1. The number of carbonyl (C=O) groups is 1. The Morgan fingerprint density at radius 1 is 1.11 bits per heavy atom. The van der Waals surface area contributed by atoms with Crippen LogP contribution in [0, 0.1) is 11.8 Å². The van der Waals surface area contributed by atoms with Gasteiger partial charge in [0.25, 0.3) is 5.91 Å². The quantitative estimate of drug-likeness (QED) is 0.901. The van der Waals surface area contributed by atoms with E-state index in [1.807, 2.05) is 23.4 Å². The van der Waals surface area contributed by atoms with Crippen LogP contribution in [0.3, 0.4) is 0 Å². The van der Waals surface area contributed by atoms with Crippen molar-refractivity contribution in [3.8, 4) is 0 Å². The van der Waals surface area contributed by atoms with Gasteiger partial charge in [0.15, 0.2) is 0 Å². The van der Waals surface area contributed by atoms with Gasteiger partial charge in [0.2, 0.25) is 0 Å². The number of hydrogen-bond acceptors (Lipinski definition) is 5. The van der Waals surface area contributed by atoms with E-state index in [2.05, 4.69) is 20.9 Å². The maximum absolute atomic E-state index is 12.7. The van der Waals surface area contributed by atoms with Crippen molar-refractivity contribution in [2.45, 2.75) is 25.8 Å². The first-order chi connectivity index (χ1) is 13.2. The molecule has 0 spiro atoms. The van der Waals surface area contributed by atoms with Crippen LogP contribution in [0.5, 0.6) is 0 Å². The lowest BCUT2D eigenvalue weighted by Gasteiger charge is -2.34. The number of rotatable bonds is 4. The molecule has 0 aromatic carbocycles. The van der Waals surface area contributed by atoms with Crippen molar-refractivity contribution >= 4 is 11.7 Å². The van der Waals surface area contributed by atoms with Crippen molar-refractivity contribution in [3.63, 3.8) is 0 Å². The summed E-state index contributed by atoms with van der Waals surface area (Å²) < 4.78 is 0. The monoisotopic (exact) mass is 365 g/mol. The number of hydrogen-bond donors (Lipinski definition) is 1. The summed E-state index contributed by atoms with van der Waals surface area (Å²) in [4.78, 5) is 25.4. The molecule has 2 aliphatic heterocycles. The number of aromatic nitrogens is 2. The molecular weight excluding hydrogens is 338 g/mol. The van der Waals surface area contributed by atoms with Crippen LogP contribution in [0.4, 0.5) is 5.82 Å². The maximum Gasteiger partial charge on any atom is 0.254 e. The summed E-state index contributed by atoms with van der Waals surface area (Å²) in [7, 11) is 0. The van der Waals surface area contributed by atoms with E-state index in [1.165, 1.54) is 18.4 Å². The number of piperidine rings is 1. The standard InChI is InChI=1S/C21H27N5O/c22-20-12-18(3-8-24-20)21(27)26-11-6-19(15-26)17-4-9-25(10-5-17)14-16-2-1-7-23-13-16/h1-3,7-8,12-13,17,19H,4-6,9-11,14-15H2,(H2,22,24). The number of likely N-dealkylation sites (tertiary alicyclic amines) is 2. The van der Waals surface area contributed by atoms with Gasteiger partial charge >= 0.3 is 0 Å². The fourth-order valence-corrected chi connectivity index (χ4v) is 4.45. The van der Waals surface area contributed by atoms with Crippen LogP contribution in [0.25, 0.3) is 0 Å². The second-order valence-corrected chi connectivity index (χ2v) is 7.74. The lowest BCUT2D eigenvalue weighted by molar-refractivity contribution is 0.0773. The molecule has 0 radical (unpaired) electrons. The second kappa shape index (κ2) is 8.05. The Morgan fingerprint density at radius 3 is 2.67 bits per heavy atom. The largest absolute Gasteiger partial charge is 0.384 e. The SMILES string of the molecule is Nc1cc(C(=O)N2CCC(C3CCN(Cc4cccnc4)CC3)C2)ccn1. The Bertz CT molecular complexity index is 773. The van der Waals surface area contributed by atoms with Gasteiger partial charge in [-0.1, -0.05) is 6.07 Å². The summed E-state index contributed by atoms with van der Waals surface area (Å²) in [6.07, 6.45) is 8.93. The second-order valence-electron chi connectivity index (χ2n) is 7.74. The summed E-state index contributed by atoms with van der Waals surface area (Å²) in [5, 5.41) is 0. The molecule has 2 aromatic rings. The van der Waals surface area contributed by atoms with Crippen LogP contribution in [0.1, 0.15) is 35.2 Å². The number of nitrogen functional groups attached to an aromatic ring is 1. The van der Waals surface area contributed by atoms with Crippen LogP contribution < -0.4 is 5.73 Å². The highest BCUT2D eigenvalue weighted by Crippen LogP contribution is 2.32. The molecular formula is C21H27N5O. The van der Waals surface area contributed by atoms with E-state index in [0.29, 0.717) is 17.3 Å². The molecule has 2 N–H and O–H groups in total. The van der Waals surface area contributed by atoms with Crippen LogP contribution in [-0.4, -0.2) is 51.9 Å². The molecule has 2 saturated heterocycles. The van der Waals surface area contributed by atoms with Gasteiger partial charge in [0, 0.05) is 43.8 Å². The third-order valence-corrected chi connectivity index (χ3v) is 5.97. The van der Waals surface area contributed by atoms with Crippen LogP contribution >= 0.6 is 0 Å². The summed E-state index contributed by atoms with van der Waals surface area (Å²) in [5.74, 6) is 1.82. The minimum absolute atomic E-state index is 0.0839. The molecule has 0 aliphatic carbocycles. The molecule has 2 fully saturated rings. The molecule has 4 rings (SSSR count). The summed E-state index contributed by atoms with van der Waals surface area (Å²) >= 11 is 0. The van der Waals surface area contributed by atoms with E-state index >= 15 is 0 Å². The minimum atomic E-state index is 0.0839. The van der Waals surface area contributed by atoms with Gasteiger partial charge in [-0.25, -0.2) is 4.98 Å². The summed E-state index contributed by atoms with van der Waals surface area (Å²) in [6, 6.07) is 7.57. The van der Waals surface area contributed by atoms with Crippen LogP contribution in [-0.2, 0) is 6.54 Å². The zero-order valence-electron chi connectivity index (χ0n) is 15.6. The van der Waals surface area contributed by atoms with Crippen LogP contribution in [0.15, 0.2) is 42.9 Å². The van der Waals surface area contributed by atoms with Crippen molar-refractivity contribution in [3.05, 3.63) is 54.0 Å². The van der Waals surface area contributed by atoms with Crippen molar-refractivity contribution in [2.75, 3.05) is 31.9 Å². The Balaban J connectivity index is 1.28. The highest BCUT2D eigenvalue weighted by molar-refractivity contribution is 5.94. The predicted octanol–water partition coefficient (Wildman–Crippen LogP) is 2.43. The Kier molecular flexibility index (Phi) is 5.34.